The summed E-state index contributed by atoms with van der Waals surface area (Å²) in [7, 11) is 1.68. The van der Waals surface area contributed by atoms with Gasteiger partial charge in [-0.15, -0.1) is 11.6 Å². The van der Waals surface area contributed by atoms with E-state index in [1.807, 2.05) is 13.0 Å². The van der Waals surface area contributed by atoms with Crippen molar-refractivity contribution in [2.24, 2.45) is 0 Å². The van der Waals surface area contributed by atoms with Crippen molar-refractivity contribution >= 4 is 11.6 Å². The normalized spacial score (nSPS) is 12.7. The summed E-state index contributed by atoms with van der Waals surface area (Å²) in [6.45, 7) is 6.07. The molecule has 0 amide bonds. The summed E-state index contributed by atoms with van der Waals surface area (Å²) in [4.78, 5) is 0. The van der Waals surface area contributed by atoms with Gasteiger partial charge >= 0.3 is 0 Å². The van der Waals surface area contributed by atoms with E-state index >= 15 is 0 Å². The average Bonchev–Trinajstić information content (AvgIpc) is 2.01. The third-order valence-corrected chi connectivity index (χ3v) is 2.33. The molecule has 0 aliphatic rings. The Bertz CT molecular complexity index is 305. The van der Waals surface area contributed by atoms with Gasteiger partial charge in [-0.25, -0.2) is 0 Å². The predicted molar refractivity (Wildman–Crippen MR) is 56.7 cm³/mol. The molecular formula is C11H15ClO. The first-order valence-corrected chi connectivity index (χ1v) is 4.79. The molecule has 0 bridgehead atoms. The van der Waals surface area contributed by atoms with Gasteiger partial charge < -0.3 is 4.74 Å². The standard InChI is InChI=1S/C11H15ClO/c1-7-5-8(2)11(9(3)12)10(6-7)13-4/h5-6,9H,1-4H3. The lowest BCUT2D eigenvalue weighted by Gasteiger charge is -2.14. The van der Waals surface area contributed by atoms with Crippen LogP contribution < -0.4 is 4.74 Å². The van der Waals surface area contributed by atoms with Crippen molar-refractivity contribution in [3.63, 3.8) is 0 Å². The first-order chi connectivity index (χ1) is 6.06. The zero-order chi connectivity index (χ0) is 10.0. The zero-order valence-corrected chi connectivity index (χ0v) is 9.27. The molecule has 0 radical (unpaired) electrons. The van der Waals surface area contributed by atoms with E-state index in [9.17, 15) is 0 Å². The number of rotatable bonds is 2. The summed E-state index contributed by atoms with van der Waals surface area (Å²) < 4.78 is 5.28. The number of halogens is 1. The van der Waals surface area contributed by atoms with E-state index in [4.69, 9.17) is 16.3 Å². The lowest BCUT2D eigenvalue weighted by Crippen LogP contribution is -1.96. The van der Waals surface area contributed by atoms with Crippen LogP contribution in [0.2, 0.25) is 0 Å². The topological polar surface area (TPSA) is 9.23 Å². The molecular weight excluding hydrogens is 184 g/mol. The fraction of sp³-hybridized carbons (Fsp3) is 0.455. The average molecular weight is 199 g/mol. The number of methoxy groups -OCH3 is 1. The minimum absolute atomic E-state index is 0.00412. The van der Waals surface area contributed by atoms with Gasteiger partial charge in [0.25, 0.3) is 0 Å². The highest BCUT2D eigenvalue weighted by atomic mass is 35.5. The lowest BCUT2D eigenvalue weighted by molar-refractivity contribution is 0.409. The van der Waals surface area contributed by atoms with Crippen LogP contribution in [0, 0.1) is 13.8 Å². The number of ether oxygens (including phenoxy) is 1. The summed E-state index contributed by atoms with van der Waals surface area (Å²) in [5, 5.41) is -0.00412. The second-order valence-electron chi connectivity index (χ2n) is 3.31. The van der Waals surface area contributed by atoms with Gasteiger partial charge in [0.1, 0.15) is 5.75 Å². The minimum Gasteiger partial charge on any atom is -0.496 e. The fourth-order valence-corrected chi connectivity index (χ4v) is 1.90. The molecule has 0 saturated carbocycles. The summed E-state index contributed by atoms with van der Waals surface area (Å²) >= 11 is 6.06. The van der Waals surface area contributed by atoms with Gasteiger partial charge in [-0.1, -0.05) is 6.07 Å². The highest BCUT2D eigenvalue weighted by Crippen LogP contribution is 2.33. The second kappa shape index (κ2) is 4.01. The molecule has 1 nitrogen and oxygen atoms in total. The van der Waals surface area contributed by atoms with Crippen molar-refractivity contribution in [2.75, 3.05) is 7.11 Å². The molecule has 72 valence electrons. The van der Waals surface area contributed by atoms with Crippen LogP contribution in [0.15, 0.2) is 12.1 Å². The van der Waals surface area contributed by atoms with Gasteiger partial charge in [-0.05, 0) is 38.0 Å². The Morgan fingerprint density at radius 1 is 1.31 bits per heavy atom. The minimum atomic E-state index is -0.00412. The van der Waals surface area contributed by atoms with E-state index in [0.29, 0.717) is 0 Å². The molecule has 0 fully saturated rings. The molecule has 0 aliphatic carbocycles. The largest absolute Gasteiger partial charge is 0.496 e. The third-order valence-electron chi connectivity index (χ3n) is 2.11. The fourth-order valence-electron chi connectivity index (χ4n) is 1.62. The number of hydrogen-bond donors (Lipinski definition) is 0. The molecule has 13 heavy (non-hydrogen) atoms. The first-order valence-electron chi connectivity index (χ1n) is 4.35. The monoisotopic (exact) mass is 198 g/mol. The summed E-state index contributed by atoms with van der Waals surface area (Å²) in [6.07, 6.45) is 0. The summed E-state index contributed by atoms with van der Waals surface area (Å²) in [5.41, 5.74) is 3.49. The van der Waals surface area contributed by atoms with Crippen LogP contribution in [0.3, 0.4) is 0 Å². The van der Waals surface area contributed by atoms with Crippen LogP contribution in [-0.2, 0) is 0 Å². The predicted octanol–water partition coefficient (Wildman–Crippen LogP) is 3.61. The first kappa shape index (κ1) is 10.4. The van der Waals surface area contributed by atoms with Crippen molar-refractivity contribution in [2.45, 2.75) is 26.1 Å². The van der Waals surface area contributed by atoms with Crippen LogP contribution in [0.5, 0.6) is 5.75 Å². The molecule has 1 unspecified atom stereocenters. The molecule has 1 rings (SSSR count). The molecule has 2 heteroatoms. The van der Waals surface area contributed by atoms with Gasteiger partial charge in [0.15, 0.2) is 0 Å². The molecule has 1 aromatic carbocycles. The van der Waals surface area contributed by atoms with Crippen molar-refractivity contribution in [3.05, 3.63) is 28.8 Å². The van der Waals surface area contributed by atoms with Crippen LogP contribution in [0.4, 0.5) is 0 Å². The van der Waals surface area contributed by atoms with Gasteiger partial charge in [0.2, 0.25) is 0 Å². The Kier molecular flexibility index (Phi) is 3.21. The van der Waals surface area contributed by atoms with Crippen molar-refractivity contribution in [1.29, 1.82) is 0 Å². The van der Waals surface area contributed by atoms with Gasteiger partial charge in [-0.2, -0.15) is 0 Å². The second-order valence-corrected chi connectivity index (χ2v) is 3.97. The smallest absolute Gasteiger partial charge is 0.124 e. The summed E-state index contributed by atoms with van der Waals surface area (Å²) in [5.74, 6) is 0.889. The van der Waals surface area contributed by atoms with Crippen molar-refractivity contribution < 1.29 is 4.74 Å². The van der Waals surface area contributed by atoms with Crippen LogP contribution in [0.1, 0.15) is 29.0 Å². The highest BCUT2D eigenvalue weighted by Gasteiger charge is 2.12. The van der Waals surface area contributed by atoms with E-state index in [2.05, 4.69) is 19.9 Å². The van der Waals surface area contributed by atoms with Crippen LogP contribution in [0.25, 0.3) is 0 Å². The van der Waals surface area contributed by atoms with Crippen LogP contribution >= 0.6 is 11.6 Å². The number of hydrogen-bond acceptors (Lipinski definition) is 1. The van der Waals surface area contributed by atoms with Crippen LogP contribution in [-0.4, -0.2) is 7.11 Å². The summed E-state index contributed by atoms with van der Waals surface area (Å²) in [6, 6.07) is 4.14. The van der Waals surface area contributed by atoms with E-state index in [1.54, 1.807) is 7.11 Å². The van der Waals surface area contributed by atoms with Crippen molar-refractivity contribution in [1.82, 2.24) is 0 Å². The molecule has 0 N–H and O–H groups in total. The maximum atomic E-state index is 6.06. The molecule has 0 aliphatic heterocycles. The maximum absolute atomic E-state index is 6.06. The molecule has 0 aromatic heterocycles. The SMILES string of the molecule is COc1cc(C)cc(C)c1C(C)Cl. The van der Waals surface area contributed by atoms with E-state index in [-0.39, 0.29) is 5.38 Å². The Morgan fingerprint density at radius 2 is 1.92 bits per heavy atom. The van der Waals surface area contributed by atoms with E-state index in [1.165, 1.54) is 11.1 Å². The lowest BCUT2D eigenvalue weighted by atomic mass is 10.0. The molecule has 0 spiro atoms. The van der Waals surface area contributed by atoms with E-state index in [0.717, 1.165) is 11.3 Å². The third kappa shape index (κ3) is 2.16. The maximum Gasteiger partial charge on any atom is 0.124 e. The Morgan fingerprint density at radius 3 is 2.38 bits per heavy atom. The number of alkyl halides is 1. The zero-order valence-electron chi connectivity index (χ0n) is 8.52. The Hall–Kier alpha value is -0.690. The van der Waals surface area contributed by atoms with Crippen molar-refractivity contribution in [3.8, 4) is 5.75 Å². The molecule has 1 atom stereocenters. The van der Waals surface area contributed by atoms with Gasteiger partial charge in [-0.3, -0.25) is 0 Å². The Balaban J connectivity index is 3.30. The molecule has 0 saturated heterocycles. The highest BCUT2D eigenvalue weighted by molar-refractivity contribution is 6.20. The number of aryl methyl sites for hydroxylation is 2. The van der Waals surface area contributed by atoms with E-state index < -0.39 is 0 Å². The van der Waals surface area contributed by atoms with Gasteiger partial charge in [0, 0.05) is 5.56 Å². The molecule has 0 heterocycles. The van der Waals surface area contributed by atoms with Gasteiger partial charge in [0.05, 0.1) is 12.5 Å². The Labute approximate surface area is 84.7 Å². The molecule has 1 aromatic rings. The number of benzene rings is 1. The quantitative estimate of drug-likeness (QED) is 0.660.